The highest BCUT2D eigenvalue weighted by Crippen LogP contribution is 2.39. The summed E-state index contributed by atoms with van der Waals surface area (Å²) < 4.78 is 38.1. The van der Waals surface area contributed by atoms with Crippen LogP contribution in [0.5, 0.6) is 0 Å². The molecule has 1 N–H and O–H groups in total. The number of nitrogens with zero attached hydrogens (tertiary/aromatic N) is 1. The zero-order valence-corrected chi connectivity index (χ0v) is 15.0. The van der Waals surface area contributed by atoms with Crippen LogP contribution in [0.1, 0.15) is 37.7 Å². The van der Waals surface area contributed by atoms with Crippen molar-refractivity contribution in [2.45, 2.75) is 44.8 Å². The van der Waals surface area contributed by atoms with Crippen LogP contribution >= 0.6 is 0 Å². The van der Waals surface area contributed by atoms with Crippen LogP contribution < -0.4 is 5.32 Å². The SMILES string of the molecule is O=C1CC(CNCC2CCC(C(F)(F)F)CC2)CN1Cc1ccccc1. The molecule has 1 aromatic rings. The monoisotopic (exact) mass is 368 g/mol. The predicted molar refractivity (Wildman–Crippen MR) is 94.3 cm³/mol. The number of hydrogen-bond donors (Lipinski definition) is 1. The second-order valence-electron chi connectivity index (χ2n) is 7.75. The van der Waals surface area contributed by atoms with E-state index in [0.29, 0.717) is 31.7 Å². The number of carbonyl (C=O) groups is 1. The van der Waals surface area contributed by atoms with Gasteiger partial charge in [-0.1, -0.05) is 30.3 Å². The molecule has 0 spiro atoms. The fourth-order valence-electron chi connectivity index (χ4n) is 4.13. The number of nitrogens with one attached hydrogen (secondary N) is 1. The van der Waals surface area contributed by atoms with Crippen LogP contribution in [0.4, 0.5) is 13.2 Å². The van der Waals surface area contributed by atoms with Crippen molar-refractivity contribution in [1.82, 2.24) is 10.2 Å². The Morgan fingerprint density at radius 2 is 1.65 bits per heavy atom. The van der Waals surface area contributed by atoms with Gasteiger partial charge in [0, 0.05) is 26.1 Å². The fourth-order valence-corrected chi connectivity index (χ4v) is 4.13. The third-order valence-electron chi connectivity index (χ3n) is 5.69. The molecule has 1 aliphatic heterocycles. The lowest BCUT2D eigenvalue weighted by atomic mass is 9.81. The van der Waals surface area contributed by atoms with Crippen LogP contribution in [0.25, 0.3) is 0 Å². The first-order chi connectivity index (χ1) is 12.4. The summed E-state index contributed by atoms with van der Waals surface area (Å²) in [7, 11) is 0. The van der Waals surface area contributed by atoms with Crippen molar-refractivity contribution in [2.75, 3.05) is 19.6 Å². The lowest BCUT2D eigenvalue weighted by Gasteiger charge is -2.30. The zero-order chi connectivity index (χ0) is 18.6. The van der Waals surface area contributed by atoms with Crippen LogP contribution in [0.3, 0.4) is 0 Å². The molecule has 1 aromatic carbocycles. The molecule has 1 saturated carbocycles. The number of carbonyl (C=O) groups excluding carboxylic acids is 1. The van der Waals surface area contributed by atoms with Crippen molar-refractivity contribution in [1.29, 1.82) is 0 Å². The third kappa shape index (κ3) is 5.22. The van der Waals surface area contributed by atoms with Gasteiger partial charge in [0.15, 0.2) is 0 Å². The summed E-state index contributed by atoms with van der Waals surface area (Å²) >= 11 is 0. The summed E-state index contributed by atoms with van der Waals surface area (Å²) in [5.74, 6) is -0.312. The van der Waals surface area contributed by atoms with E-state index in [0.717, 1.165) is 25.2 Å². The normalized spacial score (nSPS) is 27.1. The summed E-state index contributed by atoms with van der Waals surface area (Å²) in [6.07, 6.45) is -1.70. The smallest absolute Gasteiger partial charge is 0.338 e. The highest BCUT2D eigenvalue weighted by Gasteiger charge is 2.41. The molecule has 0 bridgehead atoms. The van der Waals surface area contributed by atoms with E-state index in [2.05, 4.69) is 5.32 Å². The maximum Gasteiger partial charge on any atom is 0.391 e. The van der Waals surface area contributed by atoms with Gasteiger partial charge in [0.05, 0.1) is 5.92 Å². The molecule has 1 atom stereocenters. The summed E-state index contributed by atoms with van der Waals surface area (Å²) in [6.45, 7) is 2.92. The van der Waals surface area contributed by atoms with Crippen molar-refractivity contribution in [2.24, 2.45) is 17.8 Å². The molecular formula is C20H27F3N2O. The molecule has 6 heteroatoms. The maximum absolute atomic E-state index is 12.7. The van der Waals surface area contributed by atoms with E-state index in [-0.39, 0.29) is 24.7 Å². The molecule has 26 heavy (non-hydrogen) atoms. The largest absolute Gasteiger partial charge is 0.391 e. The van der Waals surface area contributed by atoms with E-state index in [1.54, 1.807) is 0 Å². The van der Waals surface area contributed by atoms with E-state index >= 15 is 0 Å². The first kappa shape index (κ1) is 19.2. The average Bonchev–Trinajstić information content (AvgIpc) is 2.95. The second-order valence-corrected chi connectivity index (χ2v) is 7.75. The topological polar surface area (TPSA) is 32.3 Å². The number of rotatable bonds is 6. The molecular weight excluding hydrogens is 341 g/mol. The Morgan fingerprint density at radius 1 is 1.00 bits per heavy atom. The van der Waals surface area contributed by atoms with Crippen LogP contribution in [-0.4, -0.2) is 36.6 Å². The van der Waals surface area contributed by atoms with Crippen molar-refractivity contribution in [3.8, 4) is 0 Å². The molecule has 1 aliphatic carbocycles. The molecule has 3 nitrogen and oxygen atoms in total. The number of alkyl halides is 3. The van der Waals surface area contributed by atoms with Crippen molar-refractivity contribution in [3.63, 3.8) is 0 Å². The standard InChI is InChI=1S/C20H27F3N2O/c21-20(22,23)18-8-6-15(7-9-18)11-24-12-17-10-19(26)25(14-17)13-16-4-2-1-3-5-16/h1-5,15,17-18,24H,6-14H2. The molecule has 1 amide bonds. The molecule has 1 saturated heterocycles. The first-order valence-corrected chi connectivity index (χ1v) is 9.51. The highest BCUT2D eigenvalue weighted by molar-refractivity contribution is 5.78. The minimum absolute atomic E-state index is 0.186. The van der Waals surface area contributed by atoms with Gasteiger partial charge in [-0.25, -0.2) is 0 Å². The molecule has 0 radical (unpaired) electrons. The van der Waals surface area contributed by atoms with Gasteiger partial charge < -0.3 is 10.2 Å². The van der Waals surface area contributed by atoms with Gasteiger partial charge in [-0.3, -0.25) is 4.79 Å². The van der Waals surface area contributed by atoms with E-state index in [9.17, 15) is 18.0 Å². The Bertz CT molecular complexity index is 582. The van der Waals surface area contributed by atoms with Crippen molar-refractivity contribution in [3.05, 3.63) is 35.9 Å². The highest BCUT2D eigenvalue weighted by atomic mass is 19.4. The summed E-state index contributed by atoms with van der Waals surface area (Å²) in [5, 5.41) is 3.40. The molecule has 0 aromatic heterocycles. The van der Waals surface area contributed by atoms with E-state index in [4.69, 9.17) is 0 Å². The number of likely N-dealkylation sites (tertiary alicyclic amines) is 1. The average molecular weight is 368 g/mol. The molecule has 1 unspecified atom stereocenters. The molecule has 3 rings (SSSR count). The van der Waals surface area contributed by atoms with Crippen LogP contribution in [-0.2, 0) is 11.3 Å². The Balaban J connectivity index is 1.35. The van der Waals surface area contributed by atoms with Gasteiger partial charge in [0.2, 0.25) is 5.91 Å². The van der Waals surface area contributed by atoms with Gasteiger partial charge >= 0.3 is 6.18 Å². The number of hydrogen-bond acceptors (Lipinski definition) is 2. The van der Waals surface area contributed by atoms with Crippen LogP contribution in [0, 0.1) is 17.8 Å². The summed E-state index contributed by atoms with van der Waals surface area (Å²) in [4.78, 5) is 14.1. The first-order valence-electron chi connectivity index (χ1n) is 9.51. The minimum Gasteiger partial charge on any atom is -0.338 e. The fraction of sp³-hybridized carbons (Fsp3) is 0.650. The molecule has 2 fully saturated rings. The lowest BCUT2D eigenvalue weighted by molar-refractivity contribution is -0.183. The number of halogens is 3. The van der Waals surface area contributed by atoms with E-state index < -0.39 is 12.1 Å². The van der Waals surface area contributed by atoms with Gasteiger partial charge in [0.1, 0.15) is 0 Å². The Kier molecular flexibility index (Phi) is 6.22. The van der Waals surface area contributed by atoms with E-state index in [1.807, 2.05) is 35.2 Å². The molecule has 1 heterocycles. The van der Waals surface area contributed by atoms with Crippen molar-refractivity contribution >= 4 is 5.91 Å². The molecule has 2 aliphatic rings. The summed E-state index contributed by atoms with van der Waals surface area (Å²) in [5.41, 5.74) is 1.14. The van der Waals surface area contributed by atoms with Gasteiger partial charge in [-0.15, -0.1) is 0 Å². The van der Waals surface area contributed by atoms with Gasteiger partial charge in [-0.05, 0) is 49.6 Å². The lowest BCUT2D eigenvalue weighted by Crippen LogP contribution is -2.34. The quantitative estimate of drug-likeness (QED) is 0.823. The van der Waals surface area contributed by atoms with E-state index in [1.165, 1.54) is 0 Å². The number of benzene rings is 1. The third-order valence-corrected chi connectivity index (χ3v) is 5.69. The van der Waals surface area contributed by atoms with Crippen LogP contribution in [0.15, 0.2) is 30.3 Å². The zero-order valence-electron chi connectivity index (χ0n) is 15.0. The number of amides is 1. The van der Waals surface area contributed by atoms with Gasteiger partial charge in [0.25, 0.3) is 0 Å². The Hall–Kier alpha value is -1.56. The predicted octanol–water partition coefficient (Wildman–Crippen LogP) is 3.99. The second kappa shape index (κ2) is 8.42. The van der Waals surface area contributed by atoms with Gasteiger partial charge in [-0.2, -0.15) is 13.2 Å². The minimum atomic E-state index is -4.04. The van der Waals surface area contributed by atoms with Crippen molar-refractivity contribution < 1.29 is 18.0 Å². The maximum atomic E-state index is 12.7. The Morgan fingerprint density at radius 3 is 2.31 bits per heavy atom. The Labute approximate surface area is 152 Å². The van der Waals surface area contributed by atoms with Crippen LogP contribution in [0.2, 0.25) is 0 Å². The molecule has 144 valence electrons. The summed E-state index contributed by atoms with van der Waals surface area (Å²) in [6, 6.07) is 9.96.